The number of nitrogens with one attached hydrogen (secondary N) is 1. The van der Waals surface area contributed by atoms with Crippen LogP contribution in [0.25, 0.3) is 0 Å². The van der Waals surface area contributed by atoms with Gasteiger partial charge in [0.1, 0.15) is 0 Å². The number of aliphatic hydroxyl groups excluding tert-OH is 2. The highest BCUT2D eigenvalue weighted by Gasteiger charge is 2.30. The molecule has 0 aromatic heterocycles. The number of nitrogens with zero attached hydrogens (tertiary/aromatic N) is 1. The third-order valence-electron chi connectivity index (χ3n) is 4.58. The molecule has 2 rings (SSSR count). The van der Waals surface area contributed by atoms with Crippen LogP contribution in [0.2, 0.25) is 0 Å². The summed E-state index contributed by atoms with van der Waals surface area (Å²) < 4.78 is 0. The van der Waals surface area contributed by atoms with E-state index in [4.69, 9.17) is 5.11 Å². The standard InChI is InChI=1S/C14H28N2O2/c1-11(18)13-7-14(10-16(9-13)5-6-17)15-8-12-3-2-4-12/h11-15,17-18H,2-10H2,1H3. The van der Waals surface area contributed by atoms with E-state index in [1.165, 1.54) is 19.3 Å². The van der Waals surface area contributed by atoms with Crippen LogP contribution in [0.4, 0.5) is 0 Å². The number of likely N-dealkylation sites (tertiary alicyclic amines) is 1. The van der Waals surface area contributed by atoms with Crippen LogP contribution in [0.15, 0.2) is 0 Å². The van der Waals surface area contributed by atoms with Crippen LogP contribution in [0.3, 0.4) is 0 Å². The molecule has 3 N–H and O–H groups in total. The number of hydrogen-bond acceptors (Lipinski definition) is 4. The van der Waals surface area contributed by atoms with E-state index in [1.54, 1.807) is 0 Å². The van der Waals surface area contributed by atoms with Crippen LogP contribution in [0.1, 0.15) is 32.6 Å². The van der Waals surface area contributed by atoms with E-state index in [0.29, 0.717) is 12.0 Å². The molecule has 3 unspecified atom stereocenters. The highest BCUT2D eigenvalue weighted by molar-refractivity contribution is 4.86. The minimum Gasteiger partial charge on any atom is -0.395 e. The van der Waals surface area contributed by atoms with Gasteiger partial charge in [0.25, 0.3) is 0 Å². The average molecular weight is 256 g/mol. The number of piperidine rings is 1. The first kappa shape index (κ1) is 14.3. The molecule has 4 nitrogen and oxygen atoms in total. The zero-order valence-electron chi connectivity index (χ0n) is 11.5. The van der Waals surface area contributed by atoms with Crippen molar-refractivity contribution < 1.29 is 10.2 Å². The molecule has 0 bridgehead atoms. The molecule has 1 heterocycles. The molecule has 0 aromatic carbocycles. The number of aliphatic hydroxyl groups is 2. The molecule has 1 saturated carbocycles. The van der Waals surface area contributed by atoms with Crippen LogP contribution in [0.5, 0.6) is 0 Å². The Morgan fingerprint density at radius 3 is 2.67 bits per heavy atom. The van der Waals surface area contributed by atoms with E-state index >= 15 is 0 Å². The van der Waals surface area contributed by atoms with Gasteiger partial charge in [-0.25, -0.2) is 0 Å². The molecule has 1 saturated heterocycles. The molecule has 1 aliphatic carbocycles. The van der Waals surface area contributed by atoms with Crippen LogP contribution < -0.4 is 5.32 Å². The second-order valence-corrected chi connectivity index (χ2v) is 6.12. The lowest BCUT2D eigenvalue weighted by Gasteiger charge is -2.40. The monoisotopic (exact) mass is 256 g/mol. The van der Waals surface area contributed by atoms with Crippen LogP contribution in [-0.2, 0) is 0 Å². The van der Waals surface area contributed by atoms with Gasteiger partial charge in [-0.3, -0.25) is 4.90 Å². The Bertz CT molecular complexity index is 244. The highest BCUT2D eigenvalue weighted by Crippen LogP contribution is 2.26. The Labute approximate surface area is 110 Å². The third-order valence-corrected chi connectivity index (χ3v) is 4.58. The molecule has 4 heteroatoms. The van der Waals surface area contributed by atoms with E-state index in [1.807, 2.05) is 6.92 Å². The van der Waals surface area contributed by atoms with Crippen molar-refractivity contribution in [1.29, 1.82) is 0 Å². The van der Waals surface area contributed by atoms with Crippen molar-refractivity contribution in [3.8, 4) is 0 Å². The molecule has 0 aromatic rings. The molecule has 0 amide bonds. The molecule has 2 fully saturated rings. The predicted molar refractivity (Wildman–Crippen MR) is 72.4 cm³/mol. The van der Waals surface area contributed by atoms with E-state index in [-0.39, 0.29) is 12.7 Å². The SMILES string of the molecule is CC(O)C1CC(NCC2CCC2)CN(CCO)C1. The first-order valence-corrected chi connectivity index (χ1v) is 7.43. The fraction of sp³-hybridized carbons (Fsp3) is 1.00. The zero-order valence-corrected chi connectivity index (χ0v) is 11.5. The summed E-state index contributed by atoms with van der Waals surface area (Å²) in [6.45, 7) is 5.88. The summed E-state index contributed by atoms with van der Waals surface area (Å²) >= 11 is 0. The number of hydrogen-bond donors (Lipinski definition) is 3. The molecule has 18 heavy (non-hydrogen) atoms. The average Bonchev–Trinajstić information content (AvgIpc) is 2.27. The summed E-state index contributed by atoms with van der Waals surface area (Å²) in [7, 11) is 0. The first-order chi connectivity index (χ1) is 8.69. The van der Waals surface area contributed by atoms with Crippen molar-refractivity contribution in [3.05, 3.63) is 0 Å². The van der Waals surface area contributed by atoms with E-state index in [9.17, 15) is 5.11 Å². The van der Waals surface area contributed by atoms with Crippen molar-refractivity contribution in [3.63, 3.8) is 0 Å². The van der Waals surface area contributed by atoms with Gasteiger partial charge in [-0.05, 0) is 44.6 Å². The van der Waals surface area contributed by atoms with Crippen molar-refractivity contribution in [2.45, 2.75) is 44.8 Å². The van der Waals surface area contributed by atoms with Gasteiger partial charge in [-0.15, -0.1) is 0 Å². The van der Waals surface area contributed by atoms with Gasteiger partial charge in [-0.1, -0.05) is 6.42 Å². The number of rotatable bonds is 6. The lowest BCUT2D eigenvalue weighted by atomic mass is 9.84. The van der Waals surface area contributed by atoms with E-state index in [0.717, 1.165) is 38.5 Å². The molecule has 0 radical (unpaired) electrons. The van der Waals surface area contributed by atoms with E-state index in [2.05, 4.69) is 10.2 Å². The highest BCUT2D eigenvalue weighted by atomic mass is 16.3. The Balaban J connectivity index is 1.79. The Hall–Kier alpha value is -0.160. The summed E-state index contributed by atoms with van der Waals surface area (Å²) in [6.07, 6.45) is 4.95. The quantitative estimate of drug-likeness (QED) is 0.645. The van der Waals surface area contributed by atoms with Crippen molar-refractivity contribution in [2.75, 3.05) is 32.8 Å². The van der Waals surface area contributed by atoms with E-state index < -0.39 is 0 Å². The number of β-amino-alcohol motifs (C(OH)–C–C–N with tert-alkyl or cyclic N) is 1. The molecule has 0 spiro atoms. The Kier molecular flexibility index (Phi) is 5.42. The molecule has 2 aliphatic rings. The zero-order chi connectivity index (χ0) is 13.0. The van der Waals surface area contributed by atoms with Crippen LogP contribution >= 0.6 is 0 Å². The first-order valence-electron chi connectivity index (χ1n) is 7.43. The maximum Gasteiger partial charge on any atom is 0.0558 e. The molecule has 106 valence electrons. The van der Waals surface area contributed by atoms with Gasteiger partial charge in [0.15, 0.2) is 0 Å². The normalized spacial score (nSPS) is 32.2. The molecular formula is C14H28N2O2. The second-order valence-electron chi connectivity index (χ2n) is 6.12. The smallest absolute Gasteiger partial charge is 0.0558 e. The molecule has 3 atom stereocenters. The van der Waals surface area contributed by atoms with Crippen LogP contribution in [0, 0.1) is 11.8 Å². The third kappa shape index (κ3) is 3.92. The fourth-order valence-corrected chi connectivity index (χ4v) is 3.08. The lowest BCUT2D eigenvalue weighted by Crippen LogP contribution is -2.52. The Morgan fingerprint density at radius 2 is 2.11 bits per heavy atom. The van der Waals surface area contributed by atoms with Gasteiger partial charge in [0, 0.05) is 25.7 Å². The second kappa shape index (κ2) is 6.85. The maximum absolute atomic E-state index is 9.80. The summed E-state index contributed by atoms with van der Waals surface area (Å²) in [6, 6.07) is 0.477. The minimum absolute atomic E-state index is 0.210. The van der Waals surface area contributed by atoms with Gasteiger partial charge >= 0.3 is 0 Å². The predicted octanol–water partition coefficient (Wildman–Crippen LogP) is 0.440. The Morgan fingerprint density at radius 1 is 1.33 bits per heavy atom. The van der Waals surface area contributed by atoms with Crippen LogP contribution in [-0.4, -0.2) is 60.0 Å². The summed E-state index contributed by atoms with van der Waals surface area (Å²) in [5, 5.41) is 22.5. The van der Waals surface area contributed by atoms with Gasteiger partial charge in [0.2, 0.25) is 0 Å². The molecular weight excluding hydrogens is 228 g/mol. The van der Waals surface area contributed by atoms with Crippen molar-refractivity contribution >= 4 is 0 Å². The summed E-state index contributed by atoms with van der Waals surface area (Å²) in [5.74, 6) is 1.22. The maximum atomic E-state index is 9.80. The largest absolute Gasteiger partial charge is 0.395 e. The minimum atomic E-state index is -0.250. The topological polar surface area (TPSA) is 55.7 Å². The lowest BCUT2D eigenvalue weighted by molar-refractivity contribution is 0.0397. The van der Waals surface area contributed by atoms with Crippen molar-refractivity contribution in [2.24, 2.45) is 11.8 Å². The van der Waals surface area contributed by atoms with Gasteiger partial charge in [-0.2, -0.15) is 0 Å². The molecule has 1 aliphatic heterocycles. The summed E-state index contributed by atoms with van der Waals surface area (Å²) in [5.41, 5.74) is 0. The van der Waals surface area contributed by atoms with Gasteiger partial charge in [0.05, 0.1) is 12.7 Å². The van der Waals surface area contributed by atoms with Crippen molar-refractivity contribution in [1.82, 2.24) is 10.2 Å². The fourth-order valence-electron chi connectivity index (χ4n) is 3.08. The summed E-state index contributed by atoms with van der Waals surface area (Å²) in [4.78, 5) is 2.28. The van der Waals surface area contributed by atoms with Gasteiger partial charge < -0.3 is 15.5 Å².